The Kier molecular flexibility index (Phi) is 4.68. The Morgan fingerprint density at radius 1 is 1.19 bits per heavy atom. The van der Waals surface area contributed by atoms with Crippen LogP contribution in [0.5, 0.6) is 5.75 Å². The molecule has 0 saturated heterocycles. The normalized spacial score (nSPS) is 20.0. The number of benzene rings is 1. The lowest BCUT2D eigenvalue weighted by molar-refractivity contribution is 0.0593. The van der Waals surface area contributed by atoms with Crippen molar-refractivity contribution in [2.45, 2.75) is 44.8 Å². The topological polar surface area (TPSA) is 56.6 Å². The van der Waals surface area contributed by atoms with E-state index in [4.69, 9.17) is 9.47 Å². The number of hydrogen-bond acceptors (Lipinski definition) is 5. The van der Waals surface area contributed by atoms with Gasteiger partial charge in [0.15, 0.2) is 5.69 Å². The highest BCUT2D eigenvalue weighted by molar-refractivity contribution is 5.87. The molecule has 1 aliphatic carbocycles. The van der Waals surface area contributed by atoms with Gasteiger partial charge >= 0.3 is 5.97 Å². The van der Waals surface area contributed by atoms with E-state index in [-0.39, 0.29) is 5.97 Å². The predicted octanol–water partition coefficient (Wildman–Crippen LogP) is 2.44. The molecule has 138 valence electrons. The number of esters is 1. The van der Waals surface area contributed by atoms with Gasteiger partial charge in [-0.15, -0.1) is 0 Å². The van der Waals surface area contributed by atoms with Crippen molar-refractivity contribution < 1.29 is 14.3 Å². The van der Waals surface area contributed by atoms with Crippen LogP contribution < -0.4 is 4.74 Å². The number of fused-ring (bicyclic) bond motifs is 2. The van der Waals surface area contributed by atoms with Gasteiger partial charge in [0.25, 0.3) is 0 Å². The molecule has 6 heteroatoms. The molecule has 0 amide bonds. The third-order valence-corrected chi connectivity index (χ3v) is 5.57. The third kappa shape index (κ3) is 3.21. The van der Waals surface area contributed by atoms with Crippen LogP contribution in [0, 0.1) is 0 Å². The van der Waals surface area contributed by atoms with Crippen LogP contribution in [-0.4, -0.2) is 47.5 Å². The Morgan fingerprint density at radius 2 is 2.08 bits per heavy atom. The predicted molar refractivity (Wildman–Crippen MR) is 97.4 cm³/mol. The Labute approximate surface area is 153 Å². The number of aryl methyl sites for hydroxylation is 2. The number of ether oxygens (including phenoxy) is 2. The van der Waals surface area contributed by atoms with E-state index in [1.165, 1.54) is 18.2 Å². The molecule has 6 nitrogen and oxygen atoms in total. The van der Waals surface area contributed by atoms with Crippen LogP contribution in [0.2, 0.25) is 0 Å². The lowest BCUT2D eigenvalue weighted by Gasteiger charge is -2.34. The Bertz CT molecular complexity index is 815. The van der Waals surface area contributed by atoms with Crippen molar-refractivity contribution in [1.82, 2.24) is 14.7 Å². The maximum absolute atomic E-state index is 11.8. The molecule has 1 aromatic heterocycles. The summed E-state index contributed by atoms with van der Waals surface area (Å²) in [6.07, 6.45) is 4.35. The standard InChI is InChI=1S/C20H25N3O3/c1-25-18-7-5-14-4-6-16(10-15(14)11-18)22-8-3-9-23-17(13-22)12-19(21-23)20(24)26-2/h5,7,11-12,16H,3-4,6,8-10,13H2,1-2H3. The van der Waals surface area contributed by atoms with Crippen molar-refractivity contribution in [1.29, 1.82) is 0 Å². The maximum atomic E-state index is 11.8. The molecule has 1 aromatic carbocycles. The number of hydrogen-bond donors (Lipinski definition) is 0. The average molecular weight is 355 g/mol. The average Bonchev–Trinajstić information content (AvgIpc) is 2.98. The monoisotopic (exact) mass is 355 g/mol. The van der Waals surface area contributed by atoms with Crippen molar-refractivity contribution >= 4 is 5.97 Å². The van der Waals surface area contributed by atoms with Crippen molar-refractivity contribution in [3.05, 3.63) is 46.8 Å². The summed E-state index contributed by atoms with van der Waals surface area (Å²) in [5.74, 6) is 0.567. The van der Waals surface area contributed by atoms with Gasteiger partial charge in [-0.2, -0.15) is 5.10 Å². The molecule has 0 saturated carbocycles. The van der Waals surface area contributed by atoms with Crippen LogP contribution in [0.15, 0.2) is 24.3 Å². The van der Waals surface area contributed by atoms with Crippen LogP contribution in [-0.2, 0) is 30.7 Å². The molecule has 2 aliphatic rings. The molecule has 2 aromatic rings. The fraction of sp³-hybridized carbons (Fsp3) is 0.500. The molecule has 0 spiro atoms. The summed E-state index contributed by atoms with van der Waals surface area (Å²) in [5.41, 5.74) is 4.34. The lowest BCUT2D eigenvalue weighted by atomic mass is 9.87. The van der Waals surface area contributed by atoms with Gasteiger partial charge in [0.05, 0.1) is 19.9 Å². The molecule has 0 bridgehead atoms. The van der Waals surface area contributed by atoms with E-state index in [0.29, 0.717) is 11.7 Å². The number of rotatable bonds is 3. The minimum Gasteiger partial charge on any atom is -0.497 e. The fourth-order valence-corrected chi connectivity index (χ4v) is 4.16. The third-order valence-electron chi connectivity index (χ3n) is 5.57. The molecule has 2 heterocycles. The zero-order chi connectivity index (χ0) is 18.1. The minimum absolute atomic E-state index is 0.365. The van der Waals surface area contributed by atoms with Gasteiger partial charge in [-0.3, -0.25) is 9.58 Å². The van der Waals surface area contributed by atoms with Gasteiger partial charge in [-0.05, 0) is 55.0 Å². The molecular formula is C20H25N3O3. The second kappa shape index (κ2) is 7.11. The van der Waals surface area contributed by atoms with Crippen molar-refractivity contribution in [3.63, 3.8) is 0 Å². The van der Waals surface area contributed by atoms with E-state index in [1.54, 1.807) is 7.11 Å². The molecule has 0 N–H and O–H groups in total. The molecule has 0 radical (unpaired) electrons. The van der Waals surface area contributed by atoms with Gasteiger partial charge in [-0.25, -0.2) is 4.79 Å². The van der Waals surface area contributed by atoms with Gasteiger partial charge in [0, 0.05) is 25.7 Å². The smallest absolute Gasteiger partial charge is 0.358 e. The number of carbonyl (C=O) groups is 1. The maximum Gasteiger partial charge on any atom is 0.358 e. The molecule has 26 heavy (non-hydrogen) atoms. The van der Waals surface area contributed by atoms with Gasteiger partial charge < -0.3 is 9.47 Å². The van der Waals surface area contributed by atoms with Gasteiger partial charge in [0.2, 0.25) is 0 Å². The summed E-state index contributed by atoms with van der Waals surface area (Å²) in [7, 11) is 3.11. The van der Waals surface area contributed by atoms with Crippen molar-refractivity contribution in [2.75, 3.05) is 20.8 Å². The van der Waals surface area contributed by atoms with E-state index >= 15 is 0 Å². The van der Waals surface area contributed by atoms with Crippen LogP contribution in [0.4, 0.5) is 0 Å². The Balaban J connectivity index is 1.53. The van der Waals surface area contributed by atoms with E-state index < -0.39 is 0 Å². The van der Waals surface area contributed by atoms with E-state index in [0.717, 1.165) is 56.8 Å². The quantitative estimate of drug-likeness (QED) is 0.792. The molecule has 4 rings (SSSR count). The summed E-state index contributed by atoms with van der Waals surface area (Å²) < 4.78 is 12.2. The number of carbonyl (C=O) groups excluding carboxylic acids is 1. The molecule has 1 atom stereocenters. The second-order valence-electron chi connectivity index (χ2n) is 7.09. The van der Waals surface area contributed by atoms with E-state index in [9.17, 15) is 4.79 Å². The summed E-state index contributed by atoms with van der Waals surface area (Å²) >= 11 is 0. The Morgan fingerprint density at radius 3 is 2.88 bits per heavy atom. The summed E-state index contributed by atoms with van der Waals surface area (Å²) in [4.78, 5) is 14.3. The zero-order valence-electron chi connectivity index (χ0n) is 15.4. The zero-order valence-corrected chi connectivity index (χ0v) is 15.4. The van der Waals surface area contributed by atoms with Crippen molar-refractivity contribution in [3.8, 4) is 5.75 Å². The van der Waals surface area contributed by atoms with E-state index in [2.05, 4.69) is 28.2 Å². The molecule has 0 fully saturated rings. The summed E-state index contributed by atoms with van der Waals surface area (Å²) in [5, 5.41) is 4.42. The highest BCUT2D eigenvalue weighted by Crippen LogP contribution is 2.29. The van der Waals surface area contributed by atoms with Crippen LogP contribution in [0.25, 0.3) is 0 Å². The molecule has 1 aliphatic heterocycles. The largest absolute Gasteiger partial charge is 0.497 e. The van der Waals surface area contributed by atoms with Gasteiger partial charge in [-0.1, -0.05) is 6.07 Å². The molecular weight excluding hydrogens is 330 g/mol. The number of methoxy groups -OCH3 is 2. The lowest BCUT2D eigenvalue weighted by Crippen LogP contribution is -2.39. The minimum atomic E-state index is -0.365. The summed E-state index contributed by atoms with van der Waals surface area (Å²) in [6.45, 7) is 2.73. The number of aromatic nitrogens is 2. The highest BCUT2D eigenvalue weighted by atomic mass is 16.5. The van der Waals surface area contributed by atoms with Crippen LogP contribution >= 0.6 is 0 Å². The SMILES string of the molecule is COC(=O)c1cc2n(n1)CCCN(C1CCc3ccc(OC)cc3C1)C2. The first-order chi connectivity index (χ1) is 12.7. The second-order valence-corrected chi connectivity index (χ2v) is 7.09. The summed E-state index contributed by atoms with van der Waals surface area (Å²) in [6, 6.07) is 8.82. The Hall–Kier alpha value is -2.34. The first-order valence-corrected chi connectivity index (χ1v) is 9.23. The van der Waals surface area contributed by atoms with Crippen molar-refractivity contribution in [2.24, 2.45) is 0 Å². The van der Waals surface area contributed by atoms with Gasteiger partial charge in [0.1, 0.15) is 5.75 Å². The number of nitrogens with zero attached hydrogens (tertiary/aromatic N) is 3. The van der Waals surface area contributed by atoms with E-state index in [1.807, 2.05) is 10.7 Å². The van der Waals surface area contributed by atoms with Crippen LogP contribution in [0.1, 0.15) is 40.2 Å². The first-order valence-electron chi connectivity index (χ1n) is 9.23. The molecule has 1 unspecified atom stereocenters. The first kappa shape index (κ1) is 17.1. The fourth-order valence-electron chi connectivity index (χ4n) is 4.16. The highest BCUT2D eigenvalue weighted by Gasteiger charge is 2.27. The van der Waals surface area contributed by atoms with Crippen LogP contribution in [0.3, 0.4) is 0 Å².